The molecule has 2 aromatic heterocycles. The summed E-state index contributed by atoms with van der Waals surface area (Å²) in [6.45, 7) is 4.02. The Labute approximate surface area is 155 Å². The van der Waals surface area contributed by atoms with Gasteiger partial charge in [-0.05, 0) is 12.3 Å². The van der Waals surface area contributed by atoms with Gasteiger partial charge in [-0.15, -0.1) is 0 Å². The molecule has 0 aliphatic carbocycles. The van der Waals surface area contributed by atoms with Gasteiger partial charge < -0.3 is 30.6 Å². The number of carbonyl (C=O) groups is 1. The van der Waals surface area contributed by atoms with E-state index < -0.39 is 24.4 Å². The van der Waals surface area contributed by atoms with E-state index >= 15 is 0 Å². The van der Waals surface area contributed by atoms with Gasteiger partial charge in [-0.2, -0.15) is 4.98 Å². The van der Waals surface area contributed by atoms with Gasteiger partial charge in [0.2, 0.25) is 5.95 Å². The third kappa shape index (κ3) is 5.49. The molecule has 2 atom stereocenters. The number of aliphatic hydroxyl groups is 1. The van der Waals surface area contributed by atoms with E-state index in [1.165, 1.54) is 6.33 Å². The van der Waals surface area contributed by atoms with Crippen molar-refractivity contribution in [3.63, 3.8) is 0 Å². The van der Waals surface area contributed by atoms with Gasteiger partial charge >= 0.3 is 5.97 Å². The average molecular weight is 382 g/mol. The number of ether oxygens (including phenoxy) is 2. The summed E-state index contributed by atoms with van der Waals surface area (Å²) in [5.41, 5.74) is 11.5. The lowest BCUT2D eigenvalue weighted by molar-refractivity contribution is -0.147. The number of nitrogen functional groups attached to an aromatic ring is 1. The molecule has 0 bridgehead atoms. The Bertz CT molecular complexity index is 817. The van der Waals surface area contributed by atoms with Crippen LogP contribution in [-0.2, 0) is 20.8 Å². The molecule has 0 radical (unpaired) electrons. The van der Waals surface area contributed by atoms with E-state index in [1.54, 1.807) is 4.57 Å². The number of anilines is 1. The van der Waals surface area contributed by atoms with Gasteiger partial charge in [-0.3, -0.25) is 14.6 Å². The number of hydrogen-bond acceptors (Lipinski definition) is 9. The van der Waals surface area contributed by atoms with Crippen LogP contribution in [0.5, 0.6) is 0 Å². The third-order valence-corrected chi connectivity index (χ3v) is 4.15. The van der Waals surface area contributed by atoms with Crippen LogP contribution in [0.25, 0.3) is 11.2 Å². The minimum absolute atomic E-state index is 0.00555. The van der Waals surface area contributed by atoms with Crippen molar-refractivity contribution in [2.75, 3.05) is 25.7 Å². The van der Waals surface area contributed by atoms with Crippen molar-refractivity contribution in [3.05, 3.63) is 16.7 Å². The van der Waals surface area contributed by atoms with Crippen LogP contribution in [0.4, 0.5) is 5.95 Å². The van der Waals surface area contributed by atoms with Crippen LogP contribution < -0.4 is 17.0 Å². The number of fused-ring (bicyclic) bond motifs is 1. The number of nitrogens with two attached hydrogens (primary N) is 2. The molecule has 2 aromatic rings. The second-order valence-corrected chi connectivity index (χ2v) is 6.61. The molecule has 11 heteroatoms. The van der Waals surface area contributed by atoms with E-state index in [4.69, 9.17) is 26.0 Å². The Morgan fingerprint density at radius 3 is 2.85 bits per heavy atom. The number of hydrogen-bond donors (Lipinski definition) is 4. The topological polar surface area (TPSA) is 171 Å². The molecular weight excluding hydrogens is 356 g/mol. The van der Waals surface area contributed by atoms with E-state index in [9.17, 15) is 9.59 Å². The molecule has 2 heterocycles. The Kier molecular flexibility index (Phi) is 7.28. The summed E-state index contributed by atoms with van der Waals surface area (Å²) in [5.74, 6) is -0.604. The van der Waals surface area contributed by atoms with Crippen molar-refractivity contribution in [3.8, 4) is 0 Å². The second kappa shape index (κ2) is 9.44. The molecule has 0 spiro atoms. The van der Waals surface area contributed by atoms with Gasteiger partial charge in [0.15, 0.2) is 11.2 Å². The summed E-state index contributed by atoms with van der Waals surface area (Å²) in [5, 5.41) is 8.92. The number of imidazole rings is 1. The fourth-order valence-electron chi connectivity index (χ4n) is 2.52. The number of nitrogens with one attached hydrogen (secondary N) is 1. The van der Waals surface area contributed by atoms with Crippen LogP contribution in [0.15, 0.2) is 11.1 Å². The molecule has 0 saturated heterocycles. The second-order valence-electron chi connectivity index (χ2n) is 6.61. The van der Waals surface area contributed by atoms with E-state index in [0.29, 0.717) is 18.6 Å². The van der Waals surface area contributed by atoms with Crippen molar-refractivity contribution >= 4 is 23.1 Å². The zero-order valence-corrected chi connectivity index (χ0v) is 15.4. The zero-order valence-electron chi connectivity index (χ0n) is 15.4. The minimum atomic E-state index is -0.673. The van der Waals surface area contributed by atoms with E-state index in [1.807, 2.05) is 13.8 Å². The minimum Gasteiger partial charge on any atom is -0.465 e. The lowest BCUT2D eigenvalue weighted by Crippen LogP contribution is -2.37. The lowest BCUT2D eigenvalue weighted by Gasteiger charge is -2.19. The van der Waals surface area contributed by atoms with E-state index in [2.05, 4.69) is 15.0 Å². The first kappa shape index (κ1) is 20.8. The summed E-state index contributed by atoms with van der Waals surface area (Å²) in [6, 6.07) is -0.673. The van der Waals surface area contributed by atoms with Crippen LogP contribution in [0.2, 0.25) is 0 Å². The smallest absolute Gasteiger partial charge is 0.323 e. The normalized spacial score (nSPS) is 13.8. The predicted octanol–water partition coefficient (Wildman–Crippen LogP) is -0.799. The largest absolute Gasteiger partial charge is 0.465 e. The summed E-state index contributed by atoms with van der Waals surface area (Å²) >= 11 is 0. The van der Waals surface area contributed by atoms with Crippen molar-refractivity contribution in [2.24, 2.45) is 17.6 Å². The molecule has 0 aromatic carbocycles. The summed E-state index contributed by atoms with van der Waals surface area (Å²) in [7, 11) is 0. The summed E-state index contributed by atoms with van der Waals surface area (Å²) in [4.78, 5) is 34.3. The number of carbonyl (C=O) groups excluding carboxylic acids is 1. The van der Waals surface area contributed by atoms with Gasteiger partial charge in [0.05, 0.1) is 19.5 Å². The number of rotatable bonds is 10. The molecule has 0 saturated carbocycles. The Morgan fingerprint density at radius 2 is 2.19 bits per heavy atom. The summed E-state index contributed by atoms with van der Waals surface area (Å²) in [6.07, 6.45) is 1.95. The predicted molar refractivity (Wildman–Crippen MR) is 97.5 cm³/mol. The number of aliphatic hydroxyl groups excluding tert-OH is 1. The number of esters is 1. The molecule has 2 rings (SSSR count). The molecule has 0 aliphatic rings. The Balaban J connectivity index is 2.04. The first-order valence-electron chi connectivity index (χ1n) is 8.65. The highest BCUT2D eigenvalue weighted by Gasteiger charge is 2.20. The van der Waals surface area contributed by atoms with Gasteiger partial charge in [-0.1, -0.05) is 13.8 Å². The molecule has 150 valence electrons. The number of H-pyrrole nitrogens is 1. The number of aromatic amines is 1. The first-order chi connectivity index (χ1) is 12.8. The molecule has 0 fully saturated rings. The maximum absolute atomic E-state index is 11.9. The van der Waals surface area contributed by atoms with Crippen molar-refractivity contribution in [1.29, 1.82) is 0 Å². The van der Waals surface area contributed by atoms with Crippen LogP contribution in [0.1, 0.15) is 20.3 Å². The lowest BCUT2D eigenvalue weighted by atomic mass is 10.1. The fraction of sp³-hybridized carbons (Fsp3) is 0.625. The van der Waals surface area contributed by atoms with Gasteiger partial charge in [0, 0.05) is 12.5 Å². The number of nitrogens with zero attached hydrogens (tertiary/aromatic N) is 3. The monoisotopic (exact) mass is 382 g/mol. The van der Waals surface area contributed by atoms with Gasteiger partial charge in [-0.25, -0.2) is 4.98 Å². The SMILES string of the molecule is CC(C)[C@H](N)C(=O)OCC[C@@H](COCO)Cn1cnc2c(=O)[nH]c(N)nc21. The average Bonchev–Trinajstić information content (AvgIpc) is 3.01. The van der Waals surface area contributed by atoms with Crippen molar-refractivity contribution < 1.29 is 19.4 Å². The van der Waals surface area contributed by atoms with Crippen molar-refractivity contribution in [1.82, 2.24) is 19.5 Å². The zero-order chi connectivity index (χ0) is 20.0. The van der Waals surface area contributed by atoms with Crippen molar-refractivity contribution in [2.45, 2.75) is 32.9 Å². The molecule has 6 N–H and O–H groups in total. The maximum Gasteiger partial charge on any atom is 0.323 e. The third-order valence-electron chi connectivity index (χ3n) is 4.15. The van der Waals surface area contributed by atoms with Gasteiger partial charge in [0.1, 0.15) is 12.8 Å². The molecular formula is C16H26N6O5. The molecule has 0 unspecified atom stereocenters. The molecule has 11 nitrogen and oxygen atoms in total. The van der Waals surface area contributed by atoms with E-state index in [0.717, 1.165) is 0 Å². The molecule has 0 aliphatic heterocycles. The summed E-state index contributed by atoms with van der Waals surface area (Å²) < 4.78 is 12.0. The highest BCUT2D eigenvalue weighted by atomic mass is 16.6. The van der Waals surface area contributed by atoms with Crippen LogP contribution in [0, 0.1) is 11.8 Å². The molecule has 27 heavy (non-hydrogen) atoms. The molecule has 0 amide bonds. The Hall–Kier alpha value is -2.50. The van der Waals surface area contributed by atoms with Crippen LogP contribution in [0.3, 0.4) is 0 Å². The standard InChI is InChI=1S/C16H26N6O5/c1-9(2)11(17)15(25)27-4-3-10(6-26-8-23)5-22-7-19-12-13(22)20-16(18)21-14(12)24/h7,9-11,23H,3-6,8,17H2,1-2H3,(H3,18,20,21,24)/t10-,11+/m1/s1. The van der Waals surface area contributed by atoms with Crippen LogP contribution in [-0.4, -0.2) is 56.6 Å². The van der Waals surface area contributed by atoms with Crippen LogP contribution >= 0.6 is 0 Å². The van der Waals surface area contributed by atoms with E-state index in [-0.39, 0.29) is 36.5 Å². The van der Waals surface area contributed by atoms with Gasteiger partial charge in [0.25, 0.3) is 5.56 Å². The fourth-order valence-corrected chi connectivity index (χ4v) is 2.52. The Morgan fingerprint density at radius 1 is 1.44 bits per heavy atom. The first-order valence-corrected chi connectivity index (χ1v) is 8.65. The highest BCUT2D eigenvalue weighted by molar-refractivity contribution is 5.75. The maximum atomic E-state index is 11.9. The number of aromatic nitrogens is 4. The quantitative estimate of drug-likeness (QED) is 0.303. The highest BCUT2D eigenvalue weighted by Crippen LogP contribution is 2.14.